The largest absolute Gasteiger partial charge is 0.465 e. The molecular formula is C12H12BrN3O4S. The highest BCUT2D eigenvalue weighted by Gasteiger charge is 2.19. The van der Waals surface area contributed by atoms with Crippen molar-refractivity contribution in [1.29, 1.82) is 0 Å². The Morgan fingerprint density at radius 1 is 1.43 bits per heavy atom. The van der Waals surface area contributed by atoms with Gasteiger partial charge in [-0.15, -0.1) is 0 Å². The first-order valence-electron chi connectivity index (χ1n) is 5.73. The first kappa shape index (κ1) is 15.5. The third-order valence-corrected chi connectivity index (χ3v) is 4.68. The topological polar surface area (TPSA) is 90.3 Å². The lowest BCUT2D eigenvalue weighted by atomic mass is 10.2. The van der Waals surface area contributed by atoms with Gasteiger partial charge in [-0.3, -0.25) is 9.40 Å². The monoisotopic (exact) mass is 373 g/mol. The number of anilines is 1. The second-order valence-electron chi connectivity index (χ2n) is 4.14. The van der Waals surface area contributed by atoms with Crippen LogP contribution in [-0.4, -0.2) is 31.3 Å². The molecule has 112 valence electrons. The van der Waals surface area contributed by atoms with Gasteiger partial charge in [-0.1, -0.05) is 0 Å². The molecule has 7 nitrogen and oxygen atoms in total. The van der Waals surface area contributed by atoms with Crippen LogP contribution in [0.25, 0.3) is 0 Å². The second-order valence-corrected chi connectivity index (χ2v) is 6.68. The molecule has 2 aromatic rings. The van der Waals surface area contributed by atoms with E-state index in [0.29, 0.717) is 10.2 Å². The Bertz CT molecular complexity index is 786. The predicted octanol–water partition coefficient (Wildman–Crippen LogP) is 1.77. The molecule has 0 fully saturated rings. The molecule has 21 heavy (non-hydrogen) atoms. The first-order chi connectivity index (χ1) is 9.83. The van der Waals surface area contributed by atoms with Crippen LogP contribution in [-0.2, 0) is 21.8 Å². The summed E-state index contributed by atoms with van der Waals surface area (Å²) >= 11 is 3.18. The van der Waals surface area contributed by atoms with Crippen molar-refractivity contribution >= 4 is 37.6 Å². The van der Waals surface area contributed by atoms with Gasteiger partial charge in [-0.25, -0.2) is 13.2 Å². The van der Waals surface area contributed by atoms with Crippen molar-refractivity contribution in [2.45, 2.75) is 4.90 Å². The van der Waals surface area contributed by atoms with Crippen LogP contribution in [0.1, 0.15) is 10.4 Å². The molecule has 0 saturated heterocycles. The average molecular weight is 374 g/mol. The predicted molar refractivity (Wildman–Crippen MR) is 79.5 cm³/mol. The number of benzene rings is 1. The number of sulfonamides is 1. The quantitative estimate of drug-likeness (QED) is 0.824. The number of nitrogens with zero attached hydrogens (tertiary/aromatic N) is 2. The van der Waals surface area contributed by atoms with Crippen molar-refractivity contribution in [3.05, 3.63) is 40.6 Å². The van der Waals surface area contributed by atoms with E-state index in [4.69, 9.17) is 0 Å². The number of rotatable bonds is 4. The minimum absolute atomic E-state index is 0.0463. The summed E-state index contributed by atoms with van der Waals surface area (Å²) in [5.41, 5.74) is 0.464. The van der Waals surface area contributed by atoms with Crippen LogP contribution in [0.4, 0.5) is 5.69 Å². The number of carbonyl (C=O) groups excluding carboxylic acids is 1. The van der Waals surface area contributed by atoms with Gasteiger partial charge in [0.25, 0.3) is 10.0 Å². The molecule has 0 amide bonds. The number of aromatic nitrogens is 2. The number of halogens is 1. The summed E-state index contributed by atoms with van der Waals surface area (Å²) < 4.78 is 33.5. The molecule has 9 heteroatoms. The molecule has 0 atom stereocenters. The Morgan fingerprint density at radius 3 is 2.71 bits per heavy atom. The number of ether oxygens (including phenoxy) is 1. The number of nitrogens with one attached hydrogen (secondary N) is 1. The zero-order valence-corrected chi connectivity index (χ0v) is 13.6. The van der Waals surface area contributed by atoms with Crippen LogP contribution in [0.5, 0.6) is 0 Å². The van der Waals surface area contributed by atoms with Gasteiger partial charge in [0.05, 0.1) is 29.5 Å². The SMILES string of the molecule is COC(=O)c1cc(S(=O)(=O)Nc2cnn(C)c2)ccc1Br. The molecule has 0 unspecified atom stereocenters. The summed E-state index contributed by atoms with van der Waals surface area (Å²) in [6.45, 7) is 0. The van der Waals surface area contributed by atoms with Crippen molar-refractivity contribution < 1.29 is 17.9 Å². The van der Waals surface area contributed by atoms with Crippen LogP contribution in [0.3, 0.4) is 0 Å². The molecule has 0 bridgehead atoms. The number of methoxy groups -OCH3 is 1. The maximum atomic E-state index is 12.3. The fourth-order valence-corrected chi connectivity index (χ4v) is 3.09. The van der Waals surface area contributed by atoms with E-state index in [1.165, 1.54) is 42.4 Å². The minimum Gasteiger partial charge on any atom is -0.465 e. The Kier molecular flexibility index (Phi) is 4.33. The smallest absolute Gasteiger partial charge is 0.339 e. The molecular weight excluding hydrogens is 362 g/mol. The van der Waals surface area contributed by atoms with E-state index >= 15 is 0 Å². The van der Waals surface area contributed by atoms with Crippen molar-refractivity contribution in [1.82, 2.24) is 9.78 Å². The van der Waals surface area contributed by atoms with Crippen LogP contribution < -0.4 is 4.72 Å². The summed E-state index contributed by atoms with van der Waals surface area (Å²) in [5, 5.41) is 3.88. The second kappa shape index (κ2) is 5.86. The summed E-state index contributed by atoms with van der Waals surface area (Å²) in [6.07, 6.45) is 2.91. The van der Waals surface area contributed by atoms with E-state index in [2.05, 4.69) is 30.5 Å². The molecule has 0 aliphatic carbocycles. The van der Waals surface area contributed by atoms with Crippen LogP contribution in [0.2, 0.25) is 0 Å². The standard InChI is InChI=1S/C12H12BrN3O4S/c1-16-7-8(6-14-16)15-21(18,19)9-3-4-11(13)10(5-9)12(17)20-2/h3-7,15H,1-2H3. The lowest BCUT2D eigenvalue weighted by Gasteiger charge is -2.08. The van der Waals surface area contributed by atoms with Crippen molar-refractivity contribution in [3.63, 3.8) is 0 Å². The minimum atomic E-state index is -3.81. The van der Waals surface area contributed by atoms with Gasteiger partial charge in [-0.2, -0.15) is 5.10 Å². The number of hydrogen-bond donors (Lipinski definition) is 1. The van der Waals surface area contributed by atoms with Gasteiger partial charge in [0.2, 0.25) is 0 Å². The van der Waals surface area contributed by atoms with E-state index < -0.39 is 16.0 Å². The Labute approximate surface area is 130 Å². The van der Waals surface area contributed by atoms with Crippen molar-refractivity contribution in [3.8, 4) is 0 Å². The molecule has 0 spiro atoms. The lowest BCUT2D eigenvalue weighted by molar-refractivity contribution is 0.0599. The summed E-state index contributed by atoms with van der Waals surface area (Å²) in [7, 11) is -0.914. The van der Waals surface area contributed by atoms with Gasteiger partial charge in [0.1, 0.15) is 0 Å². The molecule has 0 saturated carbocycles. The van der Waals surface area contributed by atoms with Gasteiger partial charge < -0.3 is 4.74 Å². The Hall–Kier alpha value is -1.87. The van der Waals surface area contributed by atoms with Crippen molar-refractivity contribution in [2.24, 2.45) is 7.05 Å². The highest BCUT2D eigenvalue weighted by atomic mass is 79.9. The van der Waals surface area contributed by atoms with Gasteiger partial charge in [0.15, 0.2) is 0 Å². The zero-order valence-electron chi connectivity index (χ0n) is 11.2. The fourth-order valence-electron chi connectivity index (χ4n) is 1.63. The van der Waals surface area contributed by atoms with Crippen LogP contribution in [0, 0.1) is 0 Å². The van der Waals surface area contributed by atoms with Crippen molar-refractivity contribution in [2.75, 3.05) is 11.8 Å². The Balaban J connectivity index is 2.38. The molecule has 1 aromatic heterocycles. The number of aryl methyl sites for hydroxylation is 1. The number of hydrogen-bond acceptors (Lipinski definition) is 5. The molecule has 0 aliphatic heterocycles. The van der Waals surface area contributed by atoms with Gasteiger partial charge >= 0.3 is 5.97 Å². The zero-order chi connectivity index (χ0) is 15.6. The first-order valence-corrected chi connectivity index (χ1v) is 8.00. The van der Waals surface area contributed by atoms with E-state index in [1.54, 1.807) is 7.05 Å². The van der Waals surface area contributed by atoms with Crippen LogP contribution >= 0.6 is 15.9 Å². The van der Waals surface area contributed by atoms with E-state index in [9.17, 15) is 13.2 Å². The highest BCUT2D eigenvalue weighted by Crippen LogP contribution is 2.23. The maximum absolute atomic E-state index is 12.3. The van der Waals surface area contributed by atoms with Crippen LogP contribution in [0.15, 0.2) is 40.0 Å². The summed E-state index contributed by atoms with van der Waals surface area (Å²) in [5.74, 6) is -0.625. The van der Waals surface area contributed by atoms with E-state index in [1.807, 2.05) is 0 Å². The molecule has 0 radical (unpaired) electrons. The maximum Gasteiger partial charge on any atom is 0.339 e. The molecule has 1 aromatic carbocycles. The molecule has 1 N–H and O–H groups in total. The number of esters is 1. The lowest BCUT2D eigenvalue weighted by Crippen LogP contribution is -2.14. The fraction of sp³-hybridized carbons (Fsp3) is 0.167. The third kappa shape index (κ3) is 3.42. The van der Waals surface area contributed by atoms with E-state index in [-0.39, 0.29) is 10.5 Å². The molecule has 1 heterocycles. The summed E-state index contributed by atoms with van der Waals surface area (Å²) in [4.78, 5) is 11.5. The third-order valence-electron chi connectivity index (χ3n) is 2.61. The summed E-state index contributed by atoms with van der Waals surface area (Å²) in [6, 6.07) is 4.11. The highest BCUT2D eigenvalue weighted by molar-refractivity contribution is 9.10. The van der Waals surface area contributed by atoms with Gasteiger partial charge in [0, 0.05) is 17.7 Å². The van der Waals surface area contributed by atoms with E-state index in [0.717, 1.165) is 0 Å². The van der Waals surface area contributed by atoms with Gasteiger partial charge in [-0.05, 0) is 34.1 Å². The molecule has 2 rings (SSSR count). The molecule has 0 aliphatic rings. The average Bonchev–Trinajstić information content (AvgIpc) is 2.82. The normalized spacial score (nSPS) is 11.2. The number of carbonyl (C=O) groups is 1. The Morgan fingerprint density at radius 2 is 2.14 bits per heavy atom.